The molecule has 3 heterocycles. The van der Waals surface area contributed by atoms with E-state index in [4.69, 9.17) is 16.0 Å². The number of hydrogen-bond donors (Lipinski definition) is 3. The van der Waals surface area contributed by atoms with Gasteiger partial charge in [-0.2, -0.15) is 0 Å². The van der Waals surface area contributed by atoms with E-state index in [1.54, 1.807) is 0 Å². The molecule has 2 atom stereocenters. The monoisotopic (exact) mass is 496 g/mol. The Bertz CT molecular complexity index is 1110. The normalized spacial score (nSPS) is 19.7. The molecule has 15 nitrogen and oxygen atoms in total. The third-order valence-electron chi connectivity index (χ3n) is 4.38. The molecular weight excluding hydrogens is 480 g/mol. The molecule has 2 aliphatic heterocycles. The van der Waals surface area contributed by atoms with Gasteiger partial charge in [0.15, 0.2) is 10.8 Å². The van der Waals surface area contributed by atoms with Gasteiger partial charge in [0.1, 0.15) is 22.8 Å². The van der Waals surface area contributed by atoms with E-state index in [0.29, 0.717) is 5.57 Å². The zero-order valence-corrected chi connectivity index (χ0v) is 18.5. The van der Waals surface area contributed by atoms with E-state index in [-0.39, 0.29) is 28.8 Å². The van der Waals surface area contributed by atoms with Crippen molar-refractivity contribution in [2.24, 2.45) is 10.3 Å². The van der Waals surface area contributed by atoms with Gasteiger partial charge in [0.25, 0.3) is 11.8 Å². The fraction of sp³-hybridized carbons (Fsp3) is 0.375. The number of nitrogens with zero attached hydrogens (tertiary/aromatic N) is 6. The number of thioether (sulfide) groups is 1. The predicted octanol–water partition coefficient (Wildman–Crippen LogP) is -0.0683. The van der Waals surface area contributed by atoms with E-state index >= 15 is 0 Å². The van der Waals surface area contributed by atoms with Crippen LogP contribution in [0.15, 0.2) is 26.9 Å². The number of nitrogens with two attached hydrogens (primary N) is 1. The van der Waals surface area contributed by atoms with Crippen LogP contribution >= 0.6 is 23.1 Å². The van der Waals surface area contributed by atoms with Crippen molar-refractivity contribution >= 4 is 57.7 Å². The van der Waals surface area contributed by atoms with E-state index in [1.807, 2.05) is 0 Å². The summed E-state index contributed by atoms with van der Waals surface area (Å²) in [5.41, 5.74) is 13.9. The lowest BCUT2D eigenvalue weighted by Gasteiger charge is -2.49. The van der Waals surface area contributed by atoms with Crippen molar-refractivity contribution in [3.63, 3.8) is 0 Å². The molecule has 17 heteroatoms. The first kappa shape index (κ1) is 23.8. The molecule has 1 aromatic heterocycles. The van der Waals surface area contributed by atoms with Crippen LogP contribution in [0, 0.1) is 0 Å². The average Bonchev–Trinajstić information content (AvgIpc) is 3.21. The number of oxime groups is 1. The molecule has 1 fully saturated rings. The second kappa shape index (κ2) is 10.2. The third-order valence-corrected chi connectivity index (χ3v) is 6.40. The number of nitrogens with one attached hydrogen (secondary N) is 1. The summed E-state index contributed by atoms with van der Waals surface area (Å²) < 4.78 is 9.48. The highest BCUT2D eigenvalue weighted by molar-refractivity contribution is 8.00. The molecule has 0 bridgehead atoms. The molecule has 2 aliphatic rings. The number of ether oxygens (including phenoxy) is 2. The Morgan fingerprint density at radius 1 is 1.45 bits per heavy atom. The Hall–Kier alpha value is -3.82. The van der Waals surface area contributed by atoms with E-state index in [1.165, 1.54) is 17.1 Å². The minimum atomic E-state index is -1.05. The maximum Gasteiger partial charge on any atom is 0.357 e. The van der Waals surface area contributed by atoms with Gasteiger partial charge < -0.3 is 25.7 Å². The van der Waals surface area contributed by atoms with E-state index < -0.39 is 47.7 Å². The molecule has 1 aromatic rings. The number of esters is 2. The molecule has 1 unspecified atom stereocenters. The average molecular weight is 496 g/mol. The Labute approximate surface area is 193 Å². The summed E-state index contributed by atoms with van der Waals surface area (Å²) >= 11 is 2.25. The van der Waals surface area contributed by atoms with E-state index in [0.717, 1.165) is 23.2 Å². The van der Waals surface area contributed by atoms with Gasteiger partial charge >= 0.3 is 11.9 Å². The lowest BCUT2D eigenvalue weighted by Crippen LogP contribution is -2.71. The number of rotatable bonds is 8. The van der Waals surface area contributed by atoms with Crippen LogP contribution in [0.4, 0.5) is 5.13 Å². The maximum atomic E-state index is 12.8. The smallest absolute Gasteiger partial charge is 0.357 e. The van der Waals surface area contributed by atoms with Crippen molar-refractivity contribution in [2.75, 3.05) is 24.8 Å². The molecule has 3 rings (SSSR count). The van der Waals surface area contributed by atoms with Crippen LogP contribution in [0.1, 0.15) is 12.6 Å². The predicted molar refractivity (Wildman–Crippen MR) is 114 cm³/mol. The minimum absolute atomic E-state index is 0.0312. The summed E-state index contributed by atoms with van der Waals surface area (Å²) in [6.45, 7) is 0.269. The minimum Gasteiger partial charge on any atom is -0.428 e. The van der Waals surface area contributed by atoms with Gasteiger partial charge in [-0.05, 0) is 11.1 Å². The van der Waals surface area contributed by atoms with Crippen molar-refractivity contribution in [3.8, 4) is 0 Å². The van der Waals surface area contributed by atoms with Crippen LogP contribution in [-0.4, -0.2) is 75.1 Å². The number of nitrogen functional groups attached to an aromatic ring is 1. The van der Waals surface area contributed by atoms with Crippen molar-refractivity contribution in [1.82, 2.24) is 15.2 Å². The number of azide groups is 1. The summed E-state index contributed by atoms with van der Waals surface area (Å²) in [5.74, 6) is -2.95. The van der Waals surface area contributed by atoms with Crippen LogP contribution in [0.5, 0.6) is 0 Å². The lowest BCUT2D eigenvalue weighted by molar-refractivity contribution is -0.166. The maximum absolute atomic E-state index is 12.8. The number of aromatic nitrogens is 1. The Kier molecular flexibility index (Phi) is 7.37. The Morgan fingerprint density at radius 2 is 2.21 bits per heavy atom. The molecule has 2 amide bonds. The van der Waals surface area contributed by atoms with Crippen LogP contribution in [0.2, 0.25) is 0 Å². The summed E-state index contributed by atoms with van der Waals surface area (Å²) in [5, 5.41) is 18.9. The molecule has 174 valence electrons. The first-order valence-corrected chi connectivity index (χ1v) is 10.9. The fourth-order valence-corrected chi connectivity index (χ4v) is 4.85. The van der Waals surface area contributed by atoms with E-state index in [9.17, 15) is 24.4 Å². The summed E-state index contributed by atoms with van der Waals surface area (Å²) in [6, 6.07) is -1.05. The highest BCUT2D eigenvalue weighted by Gasteiger charge is 2.54. The molecular formula is C16H16N8O7S2. The lowest BCUT2D eigenvalue weighted by atomic mass is 10.0. The highest BCUT2D eigenvalue weighted by Crippen LogP contribution is 2.40. The number of anilines is 1. The van der Waals surface area contributed by atoms with Crippen LogP contribution in [0.25, 0.3) is 10.4 Å². The van der Waals surface area contributed by atoms with Gasteiger partial charge in [-0.15, -0.1) is 23.1 Å². The van der Waals surface area contributed by atoms with Gasteiger partial charge in [0.2, 0.25) is 6.79 Å². The zero-order chi connectivity index (χ0) is 24.1. The van der Waals surface area contributed by atoms with Gasteiger partial charge in [0, 0.05) is 23.0 Å². The number of fused-ring (bicyclic) bond motifs is 1. The van der Waals surface area contributed by atoms with Gasteiger partial charge in [0.05, 0.1) is 6.54 Å². The highest BCUT2D eigenvalue weighted by atomic mass is 32.2. The quantitative estimate of drug-likeness (QED) is 0.0500. The first-order valence-electron chi connectivity index (χ1n) is 9.00. The van der Waals surface area contributed by atoms with Crippen LogP contribution < -0.4 is 11.1 Å². The van der Waals surface area contributed by atoms with Crippen molar-refractivity contribution < 1.29 is 33.9 Å². The molecule has 0 saturated carbocycles. The van der Waals surface area contributed by atoms with E-state index in [2.05, 4.69) is 30.2 Å². The van der Waals surface area contributed by atoms with Crippen molar-refractivity contribution in [2.45, 2.75) is 18.3 Å². The Morgan fingerprint density at radius 3 is 2.82 bits per heavy atom. The standard InChI is InChI=1S/C16H16N8O7S2/c1-6(25)30-5-31-15(28)11-7(2-19-23-18)3-32-14-10(13(27)24(11)14)21-12(26)9(22-29)8-4-33-16(17)20-8/h4,10,14,29H,2-3,5H2,1H3,(H2,17,20)(H,21,26)/t10?,14-/m1/s1. The molecule has 0 spiro atoms. The number of hydrogen-bond acceptors (Lipinski definition) is 13. The molecule has 4 N–H and O–H groups in total. The molecule has 1 saturated heterocycles. The topological polar surface area (TPSA) is 222 Å². The molecule has 33 heavy (non-hydrogen) atoms. The summed E-state index contributed by atoms with van der Waals surface area (Å²) in [6.07, 6.45) is 0. The fourth-order valence-electron chi connectivity index (χ4n) is 2.96. The largest absolute Gasteiger partial charge is 0.428 e. The Balaban J connectivity index is 1.77. The number of carbonyl (C=O) groups is 4. The van der Waals surface area contributed by atoms with Crippen LogP contribution in [0.3, 0.4) is 0 Å². The summed E-state index contributed by atoms with van der Waals surface area (Å²) in [7, 11) is 0. The SMILES string of the molecule is CC(=O)OCOC(=O)C1=C(CN=[N+]=[N-])CS[C@@H]2C(NC(=O)C(=NO)c3csc(N)n3)C(=O)N12. The van der Waals surface area contributed by atoms with Gasteiger partial charge in [-0.1, -0.05) is 10.3 Å². The number of amides is 2. The number of carbonyl (C=O) groups excluding carboxylic acids is 4. The molecule has 0 aliphatic carbocycles. The third kappa shape index (κ3) is 5.00. The molecule has 0 aromatic carbocycles. The zero-order valence-electron chi connectivity index (χ0n) is 16.8. The second-order valence-corrected chi connectivity index (χ2v) is 8.40. The second-order valence-electron chi connectivity index (χ2n) is 6.41. The van der Waals surface area contributed by atoms with Gasteiger partial charge in [-0.3, -0.25) is 19.3 Å². The summed E-state index contributed by atoms with van der Waals surface area (Å²) in [4.78, 5) is 56.5. The van der Waals surface area contributed by atoms with Crippen molar-refractivity contribution in [3.05, 3.63) is 32.8 Å². The van der Waals surface area contributed by atoms with Crippen LogP contribution in [-0.2, 0) is 28.7 Å². The number of β-lactam (4-membered cyclic amide) rings is 1. The molecule has 0 radical (unpaired) electrons. The first-order chi connectivity index (χ1) is 15.8. The van der Waals surface area contributed by atoms with Gasteiger partial charge in [-0.25, -0.2) is 9.78 Å². The van der Waals surface area contributed by atoms with Crippen molar-refractivity contribution in [1.29, 1.82) is 0 Å². The number of thiazole rings is 1.